The molecule has 4 N–H and O–H groups in total. The lowest BCUT2D eigenvalue weighted by Crippen LogP contribution is -2.31. The van der Waals surface area contributed by atoms with Crippen molar-refractivity contribution in [1.29, 1.82) is 0 Å². The monoisotopic (exact) mass is 233 g/mol. The van der Waals surface area contributed by atoms with Crippen LogP contribution in [0.5, 0.6) is 5.75 Å². The second-order valence-electron chi connectivity index (χ2n) is 3.88. The van der Waals surface area contributed by atoms with Crippen molar-refractivity contribution >= 4 is 16.8 Å². The number of aromatic amines is 1. The molecule has 0 bridgehead atoms. The number of hydrogen-bond acceptors (Lipinski definition) is 3. The molecule has 0 aliphatic rings. The molecule has 0 radical (unpaired) electrons. The van der Waals surface area contributed by atoms with Gasteiger partial charge in [-0.05, 0) is 24.6 Å². The first kappa shape index (κ1) is 11.5. The highest BCUT2D eigenvalue weighted by atomic mass is 16.5. The molecule has 0 unspecified atom stereocenters. The number of nitrogens with two attached hydrogens (primary N) is 1. The van der Waals surface area contributed by atoms with Crippen molar-refractivity contribution in [1.82, 2.24) is 10.4 Å². The minimum atomic E-state index is -0.204. The van der Waals surface area contributed by atoms with E-state index in [4.69, 9.17) is 10.6 Å². The molecule has 0 aliphatic carbocycles. The lowest BCUT2D eigenvalue weighted by molar-refractivity contribution is -0.120. The van der Waals surface area contributed by atoms with Gasteiger partial charge in [0.15, 0.2) is 0 Å². The van der Waals surface area contributed by atoms with E-state index in [1.165, 1.54) is 0 Å². The van der Waals surface area contributed by atoms with Crippen molar-refractivity contribution in [3.8, 4) is 5.75 Å². The third-order valence-electron chi connectivity index (χ3n) is 2.83. The average molecular weight is 233 g/mol. The summed E-state index contributed by atoms with van der Waals surface area (Å²) in [5.41, 5.74) is 5.03. The number of benzene rings is 1. The molecule has 90 valence electrons. The first-order valence-corrected chi connectivity index (χ1v) is 5.30. The van der Waals surface area contributed by atoms with Gasteiger partial charge in [-0.2, -0.15) is 0 Å². The summed E-state index contributed by atoms with van der Waals surface area (Å²) in [5, 5.41) is 1.02. The van der Waals surface area contributed by atoms with Crippen LogP contribution in [0.4, 0.5) is 0 Å². The van der Waals surface area contributed by atoms with Gasteiger partial charge in [-0.1, -0.05) is 0 Å². The highest BCUT2D eigenvalue weighted by Gasteiger charge is 2.12. The molecule has 1 aromatic heterocycles. The third-order valence-corrected chi connectivity index (χ3v) is 2.83. The van der Waals surface area contributed by atoms with Crippen LogP contribution in [0.2, 0.25) is 0 Å². The Bertz CT molecular complexity index is 560. The number of hydrogen-bond donors (Lipinski definition) is 3. The van der Waals surface area contributed by atoms with E-state index in [9.17, 15) is 4.79 Å². The molecule has 5 nitrogen and oxygen atoms in total. The van der Waals surface area contributed by atoms with Gasteiger partial charge >= 0.3 is 0 Å². The number of amides is 1. The second kappa shape index (κ2) is 4.47. The zero-order chi connectivity index (χ0) is 12.4. The van der Waals surface area contributed by atoms with Crippen molar-refractivity contribution in [2.75, 3.05) is 7.11 Å². The van der Waals surface area contributed by atoms with Crippen LogP contribution in [0.25, 0.3) is 10.9 Å². The van der Waals surface area contributed by atoms with Gasteiger partial charge in [0.2, 0.25) is 5.91 Å². The molecule has 2 aromatic rings. The van der Waals surface area contributed by atoms with Crippen molar-refractivity contribution in [2.24, 2.45) is 5.84 Å². The zero-order valence-electron chi connectivity index (χ0n) is 9.83. The van der Waals surface area contributed by atoms with E-state index in [-0.39, 0.29) is 12.3 Å². The Morgan fingerprint density at radius 1 is 1.53 bits per heavy atom. The fraction of sp³-hybridized carbons (Fsp3) is 0.250. The number of aryl methyl sites for hydroxylation is 1. The van der Waals surface area contributed by atoms with Crippen LogP contribution in [0.3, 0.4) is 0 Å². The van der Waals surface area contributed by atoms with Gasteiger partial charge in [0, 0.05) is 22.7 Å². The topological polar surface area (TPSA) is 80.1 Å². The number of nitrogens with one attached hydrogen (secondary N) is 2. The number of carbonyl (C=O) groups excluding carboxylic acids is 1. The number of rotatable bonds is 3. The molecule has 0 fully saturated rings. The standard InChI is InChI=1S/C12H15N3O2/c1-7-10(6-12(16)15-13)9-4-3-8(17-2)5-11(9)14-7/h3-5,14H,6,13H2,1-2H3,(H,15,16). The lowest BCUT2D eigenvalue weighted by atomic mass is 10.1. The van der Waals surface area contributed by atoms with E-state index >= 15 is 0 Å². The number of carbonyl (C=O) groups is 1. The van der Waals surface area contributed by atoms with Gasteiger partial charge < -0.3 is 9.72 Å². The highest BCUT2D eigenvalue weighted by Crippen LogP contribution is 2.26. The minimum Gasteiger partial charge on any atom is -0.497 e. The Labute approximate surface area is 98.9 Å². The van der Waals surface area contributed by atoms with Crippen LogP contribution in [0, 0.1) is 6.92 Å². The van der Waals surface area contributed by atoms with Gasteiger partial charge in [-0.25, -0.2) is 5.84 Å². The summed E-state index contributed by atoms with van der Waals surface area (Å²) in [6.45, 7) is 1.94. The molecule has 0 spiro atoms. The summed E-state index contributed by atoms with van der Waals surface area (Å²) in [4.78, 5) is 14.6. The van der Waals surface area contributed by atoms with E-state index in [0.717, 1.165) is 27.9 Å². The predicted molar refractivity (Wildman–Crippen MR) is 65.6 cm³/mol. The number of methoxy groups -OCH3 is 1. The largest absolute Gasteiger partial charge is 0.497 e. The van der Waals surface area contributed by atoms with Crippen LogP contribution in [-0.2, 0) is 11.2 Å². The summed E-state index contributed by atoms with van der Waals surface area (Å²) in [7, 11) is 1.62. The van der Waals surface area contributed by atoms with E-state index in [1.807, 2.05) is 25.1 Å². The molecule has 0 saturated carbocycles. The van der Waals surface area contributed by atoms with Crippen LogP contribution >= 0.6 is 0 Å². The molecule has 0 atom stereocenters. The third kappa shape index (κ3) is 2.09. The molecule has 0 saturated heterocycles. The first-order chi connectivity index (χ1) is 8.15. The number of aromatic nitrogens is 1. The van der Waals surface area contributed by atoms with Gasteiger partial charge in [0.25, 0.3) is 0 Å². The predicted octanol–water partition coefficient (Wildman–Crippen LogP) is 1.02. The van der Waals surface area contributed by atoms with Crippen LogP contribution in [-0.4, -0.2) is 18.0 Å². The molecule has 17 heavy (non-hydrogen) atoms. The van der Waals surface area contributed by atoms with Crippen molar-refractivity contribution in [2.45, 2.75) is 13.3 Å². The maximum Gasteiger partial charge on any atom is 0.238 e. The van der Waals surface area contributed by atoms with Crippen molar-refractivity contribution in [3.05, 3.63) is 29.5 Å². The molecule has 1 aromatic carbocycles. The van der Waals surface area contributed by atoms with Crippen molar-refractivity contribution in [3.63, 3.8) is 0 Å². The maximum atomic E-state index is 11.3. The lowest BCUT2D eigenvalue weighted by Gasteiger charge is -2.01. The van der Waals surface area contributed by atoms with Crippen LogP contribution in [0.1, 0.15) is 11.3 Å². The molecule has 1 amide bonds. The smallest absolute Gasteiger partial charge is 0.238 e. The van der Waals surface area contributed by atoms with Crippen molar-refractivity contribution < 1.29 is 9.53 Å². The number of fused-ring (bicyclic) bond motifs is 1. The number of H-pyrrole nitrogens is 1. The van der Waals surface area contributed by atoms with Gasteiger partial charge in [-0.15, -0.1) is 0 Å². The fourth-order valence-electron chi connectivity index (χ4n) is 1.94. The van der Waals surface area contributed by atoms with Gasteiger partial charge in [-0.3, -0.25) is 10.2 Å². The Kier molecular flexibility index (Phi) is 3.01. The summed E-state index contributed by atoms with van der Waals surface area (Å²) in [6, 6.07) is 5.72. The summed E-state index contributed by atoms with van der Waals surface area (Å²) >= 11 is 0. The number of hydrazine groups is 1. The van der Waals surface area contributed by atoms with Gasteiger partial charge in [0.1, 0.15) is 5.75 Å². The quantitative estimate of drug-likeness (QED) is 0.420. The summed E-state index contributed by atoms with van der Waals surface area (Å²) in [5.74, 6) is 5.68. The molecular weight excluding hydrogens is 218 g/mol. The Morgan fingerprint density at radius 3 is 2.94 bits per heavy atom. The molecule has 1 heterocycles. The first-order valence-electron chi connectivity index (χ1n) is 5.30. The Morgan fingerprint density at radius 2 is 2.29 bits per heavy atom. The molecule has 2 rings (SSSR count). The molecule has 0 aliphatic heterocycles. The maximum absolute atomic E-state index is 11.3. The van der Waals surface area contributed by atoms with Crippen LogP contribution < -0.4 is 16.0 Å². The van der Waals surface area contributed by atoms with E-state index < -0.39 is 0 Å². The SMILES string of the molecule is COc1ccc2c(CC(=O)NN)c(C)[nH]c2c1. The summed E-state index contributed by atoms with van der Waals surface area (Å²) in [6.07, 6.45) is 0.272. The van der Waals surface area contributed by atoms with Crippen LogP contribution in [0.15, 0.2) is 18.2 Å². The fourth-order valence-corrected chi connectivity index (χ4v) is 1.94. The summed E-state index contributed by atoms with van der Waals surface area (Å²) < 4.78 is 5.15. The van der Waals surface area contributed by atoms with E-state index in [2.05, 4.69) is 10.4 Å². The van der Waals surface area contributed by atoms with E-state index in [1.54, 1.807) is 7.11 Å². The second-order valence-corrected chi connectivity index (χ2v) is 3.88. The molecule has 5 heteroatoms. The number of ether oxygens (including phenoxy) is 1. The Hall–Kier alpha value is -2.01. The zero-order valence-corrected chi connectivity index (χ0v) is 9.83. The molecular formula is C12H15N3O2. The van der Waals surface area contributed by atoms with Gasteiger partial charge in [0.05, 0.1) is 13.5 Å². The average Bonchev–Trinajstić information content (AvgIpc) is 2.64. The normalized spacial score (nSPS) is 10.5. The Balaban J connectivity index is 2.48. The van der Waals surface area contributed by atoms with E-state index in [0.29, 0.717) is 0 Å². The minimum absolute atomic E-state index is 0.204. The highest BCUT2D eigenvalue weighted by molar-refractivity contribution is 5.90.